The Morgan fingerprint density at radius 2 is 1.38 bits per heavy atom. The Balaban J connectivity index is -0.000000120. The highest BCUT2D eigenvalue weighted by molar-refractivity contribution is 5.85. The Morgan fingerprint density at radius 1 is 0.875 bits per heavy atom. The number of hydrogen-bond donors (Lipinski definition) is 0. The number of aromatic nitrogens is 1. The van der Waals surface area contributed by atoms with Gasteiger partial charge in [-0.1, -0.05) is 6.07 Å². The molecule has 0 N–H and O–H groups in total. The zero-order valence-electron chi connectivity index (χ0n) is 5.15. The number of hydrogen-bond acceptors (Lipinski definition) is 1. The lowest BCUT2D eigenvalue weighted by atomic mass is 10.5. The van der Waals surface area contributed by atoms with Gasteiger partial charge in [0.05, 0.1) is 0 Å². The normalized spacial score (nSPS) is 6.00. The van der Waals surface area contributed by atoms with Gasteiger partial charge in [0.1, 0.15) is 0 Å². The molecule has 0 saturated carbocycles. The van der Waals surface area contributed by atoms with Crippen LogP contribution < -0.4 is 0 Å². The Morgan fingerprint density at radius 3 is 1.50 bits per heavy atom. The number of nitrogens with zero attached hydrogens (tertiary/aromatic N) is 1. The molecule has 1 aromatic rings. The minimum Gasteiger partial charge on any atom is -0.265 e. The first-order valence-electron chi connectivity index (χ1n) is 1.85. The van der Waals surface area contributed by atoms with Crippen LogP contribution in [0.25, 0.3) is 0 Å². The maximum Gasteiger partial charge on any atom is 1.00 e. The molecule has 46 valence electrons. The summed E-state index contributed by atoms with van der Waals surface area (Å²) in [6, 6.07) is 5.72. The molecule has 1 heterocycles. The molecule has 1 aromatic heterocycles. The van der Waals surface area contributed by atoms with Crippen molar-refractivity contribution >= 4 is 24.8 Å². The van der Waals surface area contributed by atoms with E-state index in [4.69, 9.17) is 0 Å². The molecule has 0 spiro atoms. The van der Waals surface area contributed by atoms with Crippen LogP contribution in [0.2, 0.25) is 0 Å². The van der Waals surface area contributed by atoms with Gasteiger partial charge in [-0.3, -0.25) is 4.98 Å². The largest absolute Gasteiger partial charge is 1.00 e. The molecule has 0 aliphatic heterocycles. The lowest BCUT2D eigenvalue weighted by Gasteiger charge is -1.70. The van der Waals surface area contributed by atoms with Crippen molar-refractivity contribution in [3.63, 3.8) is 0 Å². The molecular weight excluding hydrogens is 145 g/mol. The van der Waals surface area contributed by atoms with Crippen LogP contribution in [0.3, 0.4) is 0 Å². The Kier molecular flexibility index (Phi) is 8.97. The van der Waals surface area contributed by atoms with Crippen molar-refractivity contribution in [1.82, 2.24) is 4.98 Å². The molecule has 0 unspecified atom stereocenters. The first kappa shape index (κ1) is 10.7. The van der Waals surface area contributed by atoms with E-state index in [2.05, 4.69) is 4.98 Å². The fraction of sp³-hybridized carbons (Fsp3) is 0. The first-order valence-corrected chi connectivity index (χ1v) is 1.85. The molecule has 1 rings (SSSR count). The SMILES string of the molecule is Cl.Cl.[H+].c1ccncc1. The monoisotopic (exact) mass is 152 g/mol. The number of rotatable bonds is 0. The summed E-state index contributed by atoms with van der Waals surface area (Å²) in [7, 11) is 0. The molecule has 0 aliphatic rings. The predicted molar refractivity (Wildman–Crippen MR) is 39.8 cm³/mol. The van der Waals surface area contributed by atoms with E-state index < -0.39 is 0 Å². The van der Waals surface area contributed by atoms with Gasteiger partial charge in [-0.2, -0.15) is 0 Å². The molecule has 0 saturated heterocycles. The predicted octanol–water partition coefficient (Wildman–Crippen LogP) is 2.04. The van der Waals surface area contributed by atoms with Crippen molar-refractivity contribution in [3.8, 4) is 0 Å². The quantitative estimate of drug-likeness (QED) is 0.555. The molecule has 8 heavy (non-hydrogen) atoms. The molecule has 0 radical (unpaired) electrons. The summed E-state index contributed by atoms with van der Waals surface area (Å²) < 4.78 is 0. The van der Waals surface area contributed by atoms with Gasteiger partial charge in [0.25, 0.3) is 0 Å². The van der Waals surface area contributed by atoms with Crippen LogP contribution in [-0.4, -0.2) is 4.98 Å². The molecule has 0 bridgehead atoms. The van der Waals surface area contributed by atoms with Gasteiger partial charge in [-0.15, -0.1) is 24.8 Å². The summed E-state index contributed by atoms with van der Waals surface area (Å²) in [5.41, 5.74) is 0. The molecular formula is C5H8Cl2N+. The van der Waals surface area contributed by atoms with Crippen molar-refractivity contribution in [2.75, 3.05) is 0 Å². The van der Waals surface area contributed by atoms with Gasteiger partial charge in [0.2, 0.25) is 0 Å². The van der Waals surface area contributed by atoms with Crippen molar-refractivity contribution in [2.24, 2.45) is 0 Å². The lowest BCUT2D eigenvalue weighted by molar-refractivity contribution is 1.33. The third-order valence-corrected chi connectivity index (χ3v) is 0.566. The van der Waals surface area contributed by atoms with Gasteiger partial charge >= 0.3 is 1.43 Å². The van der Waals surface area contributed by atoms with Gasteiger partial charge in [0.15, 0.2) is 0 Å². The second kappa shape index (κ2) is 6.73. The molecule has 0 atom stereocenters. The van der Waals surface area contributed by atoms with Gasteiger partial charge < -0.3 is 0 Å². The first-order chi connectivity index (χ1) is 3.00. The minimum absolute atomic E-state index is 0. The van der Waals surface area contributed by atoms with Crippen molar-refractivity contribution < 1.29 is 1.43 Å². The smallest absolute Gasteiger partial charge is 0.265 e. The second-order valence-corrected chi connectivity index (χ2v) is 1.02. The standard InChI is InChI=1S/C5H5N.2ClH/c1-2-4-6-5-3-1;;/h1-5H;2*1H/p+1. The maximum atomic E-state index is 3.78. The third-order valence-electron chi connectivity index (χ3n) is 0.566. The van der Waals surface area contributed by atoms with Crippen LogP contribution in [0.5, 0.6) is 0 Å². The minimum atomic E-state index is 0. The van der Waals surface area contributed by atoms with Crippen LogP contribution in [0.1, 0.15) is 1.43 Å². The Labute approximate surface area is 62.4 Å². The fourth-order valence-corrected chi connectivity index (χ4v) is 0.313. The molecule has 0 aliphatic carbocycles. The summed E-state index contributed by atoms with van der Waals surface area (Å²) >= 11 is 0. The summed E-state index contributed by atoms with van der Waals surface area (Å²) in [6.07, 6.45) is 3.50. The van der Waals surface area contributed by atoms with E-state index in [-0.39, 0.29) is 26.2 Å². The van der Waals surface area contributed by atoms with E-state index in [1.807, 2.05) is 18.2 Å². The zero-order valence-corrected chi connectivity index (χ0v) is 5.78. The van der Waals surface area contributed by atoms with E-state index >= 15 is 0 Å². The van der Waals surface area contributed by atoms with E-state index in [1.165, 1.54) is 0 Å². The molecule has 0 amide bonds. The topological polar surface area (TPSA) is 12.9 Å². The van der Waals surface area contributed by atoms with Gasteiger partial charge in [0, 0.05) is 12.4 Å². The van der Waals surface area contributed by atoms with E-state index in [0.717, 1.165) is 0 Å². The van der Waals surface area contributed by atoms with Crippen LogP contribution in [-0.2, 0) is 0 Å². The average molecular weight is 153 g/mol. The van der Waals surface area contributed by atoms with E-state index in [1.54, 1.807) is 12.4 Å². The highest BCUT2D eigenvalue weighted by Gasteiger charge is 1.58. The van der Waals surface area contributed by atoms with E-state index in [9.17, 15) is 0 Å². The van der Waals surface area contributed by atoms with Crippen molar-refractivity contribution in [1.29, 1.82) is 0 Å². The molecule has 0 aromatic carbocycles. The maximum absolute atomic E-state index is 3.78. The van der Waals surface area contributed by atoms with Crippen LogP contribution >= 0.6 is 24.8 Å². The van der Waals surface area contributed by atoms with Gasteiger partial charge in [-0.25, -0.2) is 0 Å². The molecule has 1 nitrogen and oxygen atoms in total. The summed E-state index contributed by atoms with van der Waals surface area (Å²) in [6.45, 7) is 0. The fourth-order valence-electron chi connectivity index (χ4n) is 0.313. The third kappa shape index (κ3) is 3.90. The van der Waals surface area contributed by atoms with Crippen LogP contribution in [0.15, 0.2) is 30.6 Å². The van der Waals surface area contributed by atoms with Gasteiger partial charge in [-0.05, 0) is 12.1 Å². The van der Waals surface area contributed by atoms with Crippen LogP contribution in [0.4, 0.5) is 0 Å². The van der Waals surface area contributed by atoms with Crippen LogP contribution in [0, 0.1) is 0 Å². The summed E-state index contributed by atoms with van der Waals surface area (Å²) in [5.74, 6) is 0. The number of pyridine rings is 1. The average Bonchev–Trinajstić information content (AvgIpc) is 1.72. The zero-order chi connectivity index (χ0) is 4.24. The Hall–Kier alpha value is -0.270. The number of halogens is 2. The highest BCUT2D eigenvalue weighted by Crippen LogP contribution is 1.73. The lowest BCUT2D eigenvalue weighted by Crippen LogP contribution is -1.58. The van der Waals surface area contributed by atoms with E-state index in [0.29, 0.717) is 0 Å². The molecule has 3 heteroatoms. The summed E-state index contributed by atoms with van der Waals surface area (Å²) in [4.78, 5) is 3.78. The van der Waals surface area contributed by atoms with Crippen molar-refractivity contribution in [3.05, 3.63) is 30.6 Å². The molecule has 0 fully saturated rings. The second-order valence-electron chi connectivity index (χ2n) is 1.02. The van der Waals surface area contributed by atoms with Crippen molar-refractivity contribution in [2.45, 2.75) is 0 Å². The Bertz CT molecular complexity index is 86.9. The highest BCUT2D eigenvalue weighted by atomic mass is 35.5. The summed E-state index contributed by atoms with van der Waals surface area (Å²) in [5, 5.41) is 0.